The van der Waals surface area contributed by atoms with Crippen molar-refractivity contribution in [3.8, 4) is 0 Å². The highest BCUT2D eigenvalue weighted by molar-refractivity contribution is 8.00. The van der Waals surface area contributed by atoms with Crippen molar-refractivity contribution in [1.29, 1.82) is 0 Å². The number of benzene rings is 2. The van der Waals surface area contributed by atoms with Gasteiger partial charge in [0.25, 0.3) is 5.56 Å². The average Bonchev–Trinajstić information content (AvgIpc) is 3.20. The second-order valence-corrected chi connectivity index (χ2v) is 8.51. The lowest BCUT2D eigenvalue weighted by molar-refractivity contribution is -0.115. The van der Waals surface area contributed by atoms with Crippen LogP contribution in [0.2, 0.25) is 0 Å². The zero-order chi connectivity index (χ0) is 19.5. The van der Waals surface area contributed by atoms with E-state index in [1.807, 2.05) is 48.2 Å². The van der Waals surface area contributed by atoms with E-state index >= 15 is 0 Å². The second-order valence-electron chi connectivity index (χ2n) is 7.17. The first-order valence-electron chi connectivity index (χ1n) is 9.62. The highest BCUT2D eigenvalue weighted by atomic mass is 32.2. The maximum atomic E-state index is 12.8. The van der Waals surface area contributed by atoms with E-state index in [-0.39, 0.29) is 17.9 Å². The van der Waals surface area contributed by atoms with E-state index in [0.29, 0.717) is 16.3 Å². The number of para-hydroxylation sites is 1. The molecule has 1 heterocycles. The van der Waals surface area contributed by atoms with Crippen LogP contribution in [0, 0.1) is 0 Å². The Morgan fingerprint density at radius 2 is 1.79 bits per heavy atom. The van der Waals surface area contributed by atoms with Crippen LogP contribution >= 0.6 is 11.8 Å². The van der Waals surface area contributed by atoms with Crippen LogP contribution in [-0.2, 0) is 18.3 Å². The summed E-state index contributed by atoms with van der Waals surface area (Å²) in [5.41, 5.74) is 1.30. The number of rotatable bonds is 5. The third-order valence-electron chi connectivity index (χ3n) is 5.12. The summed E-state index contributed by atoms with van der Waals surface area (Å²) in [6, 6.07) is 15.3. The Bertz CT molecular complexity index is 1070. The number of aryl methyl sites for hydroxylation is 1. The molecule has 28 heavy (non-hydrogen) atoms. The number of nitrogens with one attached hydrogen (secondary N) is 1. The molecule has 1 aliphatic carbocycles. The predicted molar refractivity (Wildman–Crippen MR) is 114 cm³/mol. The lowest BCUT2D eigenvalue weighted by atomic mass is 10.1. The molecule has 0 atom stereocenters. The van der Waals surface area contributed by atoms with Gasteiger partial charge in [0.2, 0.25) is 5.91 Å². The molecule has 5 nitrogen and oxygen atoms in total. The number of fused-ring (bicyclic) bond motifs is 1. The van der Waals surface area contributed by atoms with Gasteiger partial charge in [-0.25, -0.2) is 4.68 Å². The summed E-state index contributed by atoms with van der Waals surface area (Å²) in [5.74, 6) is -0.129. The van der Waals surface area contributed by atoms with E-state index in [9.17, 15) is 9.59 Å². The molecular formula is C22H23N3O2S. The van der Waals surface area contributed by atoms with Gasteiger partial charge in [0.15, 0.2) is 0 Å². The minimum atomic E-state index is -0.155. The summed E-state index contributed by atoms with van der Waals surface area (Å²) in [5, 5.41) is 9.32. The number of anilines is 1. The van der Waals surface area contributed by atoms with Gasteiger partial charge in [0.05, 0.1) is 23.2 Å². The van der Waals surface area contributed by atoms with Gasteiger partial charge in [-0.3, -0.25) is 9.59 Å². The van der Waals surface area contributed by atoms with Crippen molar-refractivity contribution in [1.82, 2.24) is 9.78 Å². The molecule has 0 radical (unpaired) electrons. The Morgan fingerprint density at radius 3 is 2.57 bits per heavy atom. The van der Waals surface area contributed by atoms with Gasteiger partial charge >= 0.3 is 0 Å². The normalized spacial score (nSPS) is 14.5. The zero-order valence-electron chi connectivity index (χ0n) is 15.9. The molecule has 0 unspecified atom stereocenters. The third kappa shape index (κ3) is 3.97. The fourth-order valence-electron chi connectivity index (χ4n) is 3.71. The molecule has 6 heteroatoms. The first-order chi connectivity index (χ1) is 13.6. The first kappa shape index (κ1) is 18.7. The molecule has 1 fully saturated rings. The minimum Gasteiger partial charge on any atom is -0.325 e. The second kappa shape index (κ2) is 8.19. The molecule has 0 saturated heterocycles. The predicted octanol–water partition coefficient (Wildman–Crippen LogP) is 4.15. The number of carbonyl (C=O) groups is 1. The van der Waals surface area contributed by atoms with Crippen LogP contribution in [0.1, 0.15) is 31.4 Å². The van der Waals surface area contributed by atoms with Gasteiger partial charge in [0.1, 0.15) is 0 Å². The van der Waals surface area contributed by atoms with Crippen LogP contribution in [0.5, 0.6) is 0 Å². The largest absolute Gasteiger partial charge is 0.325 e. The Balaban J connectivity index is 1.55. The smallest absolute Gasteiger partial charge is 0.274 e. The Kier molecular flexibility index (Phi) is 5.48. The minimum absolute atomic E-state index is 0.122. The van der Waals surface area contributed by atoms with Crippen LogP contribution in [0.3, 0.4) is 0 Å². The van der Waals surface area contributed by atoms with Crippen molar-refractivity contribution in [2.24, 2.45) is 7.05 Å². The molecule has 1 aromatic heterocycles. The van der Waals surface area contributed by atoms with E-state index in [0.717, 1.165) is 16.0 Å². The van der Waals surface area contributed by atoms with E-state index < -0.39 is 0 Å². The summed E-state index contributed by atoms with van der Waals surface area (Å²) >= 11 is 1.86. The summed E-state index contributed by atoms with van der Waals surface area (Å²) in [6.07, 6.45) is 5.17. The topological polar surface area (TPSA) is 64.0 Å². The molecule has 3 aromatic rings. The average molecular weight is 394 g/mol. The van der Waals surface area contributed by atoms with E-state index in [1.54, 1.807) is 13.1 Å². The van der Waals surface area contributed by atoms with Crippen molar-refractivity contribution < 1.29 is 4.79 Å². The maximum absolute atomic E-state index is 12.8. The highest BCUT2D eigenvalue weighted by Crippen LogP contribution is 2.38. The zero-order valence-corrected chi connectivity index (χ0v) is 16.7. The molecule has 4 rings (SSSR count). The Labute approximate surface area is 168 Å². The van der Waals surface area contributed by atoms with Crippen molar-refractivity contribution >= 4 is 34.1 Å². The molecular weight excluding hydrogens is 370 g/mol. The van der Waals surface area contributed by atoms with Gasteiger partial charge in [0, 0.05) is 22.6 Å². The van der Waals surface area contributed by atoms with E-state index in [4.69, 9.17) is 0 Å². The fraction of sp³-hybridized carbons (Fsp3) is 0.318. The van der Waals surface area contributed by atoms with Crippen molar-refractivity contribution in [2.45, 2.75) is 42.2 Å². The van der Waals surface area contributed by atoms with Crippen LogP contribution in [0.25, 0.3) is 10.8 Å². The number of hydrogen-bond acceptors (Lipinski definition) is 4. The maximum Gasteiger partial charge on any atom is 0.274 e. The standard InChI is InChI=1S/C22H23N3O2S/c1-25-22(27)17-11-5-4-10-16(17)19(24-25)14-21(26)23-18-12-6-7-13-20(18)28-15-8-2-3-9-15/h4-7,10-13,15H,2-3,8-9,14H2,1H3,(H,23,26). The molecule has 1 amide bonds. The van der Waals surface area contributed by atoms with Crippen molar-refractivity contribution in [3.63, 3.8) is 0 Å². The Hall–Kier alpha value is -2.60. The van der Waals surface area contributed by atoms with Crippen molar-refractivity contribution in [3.05, 3.63) is 64.6 Å². The molecule has 0 aliphatic heterocycles. The van der Waals surface area contributed by atoms with Crippen LogP contribution in [0.15, 0.2) is 58.2 Å². The number of thioether (sulfide) groups is 1. The number of hydrogen-bond donors (Lipinski definition) is 1. The number of amides is 1. The third-order valence-corrected chi connectivity index (χ3v) is 6.53. The molecule has 1 N–H and O–H groups in total. The molecule has 1 saturated carbocycles. The van der Waals surface area contributed by atoms with Gasteiger partial charge in [-0.15, -0.1) is 11.8 Å². The highest BCUT2D eigenvalue weighted by Gasteiger charge is 2.19. The SMILES string of the molecule is Cn1nc(CC(=O)Nc2ccccc2SC2CCCC2)c2ccccc2c1=O. The number of carbonyl (C=O) groups excluding carboxylic acids is 1. The van der Waals surface area contributed by atoms with Gasteiger partial charge in [-0.2, -0.15) is 5.10 Å². The van der Waals surface area contributed by atoms with Gasteiger partial charge in [-0.05, 0) is 31.0 Å². The van der Waals surface area contributed by atoms with Crippen LogP contribution < -0.4 is 10.9 Å². The molecule has 0 bridgehead atoms. The summed E-state index contributed by atoms with van der Waals surface area (Å²) in [4.78, 5) is 26.1. The van der Waals surface area contributed by atoms with Crippen LogP contribution in [-0.4, -0.2) is 20.9 Å². The summed E-state index contributed by atoms with van der Waals surface area (Å²) < 4.78 is 1.30. The summed E-state index contributed by atoms with van der Waals surface area (Å²) in [6.45, 7) is 0. The Morgan fingerprint density at radius 1 is 1.11 bits per heavy atom. The first-order valence-corrected chi connectivity index (χ1v) is 10.5. The number of nitrogens with zero attached hydrogens (tertiary/aromatic N) is 2. The van der Waals surface area contributed by atoms with E-state index in [1.165, 1.54) is 30.4 Å². The van der Waals surface area contributed by atoms with Crippen molar-refractivity contribution in [2.75, 3.05) is 5.32 Å². The van der Waals surface area contributed by atoms with Crippen LogP contribution in [0.4, 0.5) is 5.69 Å². The quantitative estimate of drug-likeness (QED) is 0.707. The molecule has 0 spiro atoms. The monoisotopic (exact) mass is 393 g/mol. The molecule has 144 valence electrons. The van der Waals surface area contributed by atoms with E-state index in [2.05, 4.69) is 16.5 Å². The molecule has 2 aromatic carbocycles. The lowest BCUT2D eigenvalue weighted by Gasteiger charge is -2.14. The molecule has 1 aliphatic rings. The fourth-order valence-corrected chi connectivity index (χ4v) is 5.04. The van der Waals surface area contributed by atoms with Gasteiger partial charge in [-0.1, -0.05) is 43.2 Å². The number of aromatic nitrogens is 2. The summed E-state index contributed by atoms with van der Waals surface area (Å²) in [7, 11) is 1.61. The van der Waals surface area contributed by atoms with Gasteiger partial charge < -0.3 is 5.32 Å². The lowest BCUT2D eigenvalue weighted by Crippen LogP contribution is -2.24.